The van der Waals surface area contributed by atoms with Crippen molar-refractivity contribution in [1.82, 2.24) is 0 Å². The van der Waals surface area contributed by atoms with E-state index in [1.807, 2.05) is 25.1 Å². The van der Waals surface area contributed by atoms with Gasteiger partial charge in [0, 0.05) is 5.92 Å². The molecule has 0 radical (unpaired) electrons. The second-order valence-electron chi connectivity index (χ2n) is 6.07. The van der Waals surface area contributed by atoms with Crippen LogP contribution < -0.4 is 0 Å². The summed E-state index contributed by atoms with van der Waals surface area (Å²) >= 11 is 3.50. The number of halogens is 1. The van der Waals surface area contributed by atoms with Crippen molar-refractivity contribution in [2.24, 2.45) is 5.92 Å². The molecule has 1 aliphatic carbocycles. The molecular formula is C16H18BrO3P. The molecule has 3 aliphatic rings. The summed E-state index contributed by atoms with van der Waals surface area (Å²) in [6.07, 6.45) is 4.55. The number of fused-ring (bicyclic) bond motifs is 4. The van der Waals surface area contributed by atoms with Gasteiger partial charge in [0.2, 0.25) is 7.37 Å². The van der Waals surface area contributed by atoms with Gasteiger partial charge in [-0.2, -0.15) is 0 Å². The van der Waals surface area contributed by atoms with Crippen LogP contribution >= 0.6 is 23.3 Å². The maximum Gasteiger partial charge on any atom is 0.215 e. The molecule has 2 bridgehead atoms. The number of aldehydes is 1. The smallest absolute Gasteiger partial charge is 0.215 e. The number of hydrogen-bond donors (Lipinski definition) is 1. The van der Waals surface area contributed by atoms with Crippen molar-refractivity contribution >= 4 is 29.6 Å². The van der Waals surface area contributed by atoms with E-state index in [1.54, 1.807) is 0 Å². The zero-order chi connectivity index (χ0) is 15.2. The number of benzene rings is 1. The van der Waals surface area contributed by atoms with Gasteiger partial charge in [0.05, 0.1) is 11.8 Å². The molecule has 3 nitrogen and oxygen atoms in total. The van der Waals surface area contributed by atoms with E-state index >= 15 is 0 Å². The first kappa shape index (κ1) is 15.2. The van der Waals surface area contributed by atoms with Crippen molar-refractivity contribution in [3.05, 3.63) is 45.4 Å². The van der Waals surface area contributed by atoms with Gasteiger partial charge in [-0.05, 0) is 46.9 Å². The van der Waals surface area contributed by atoms with Crippen molar-refractivity contribution in [3.8, 4) is 0 Å². The van der Waals surface area contributed by atoms with Gasteiger partial charge < -0.3 is 9.69 Å². The highest BCUT2D eigenvalue weighted by Gasteiger charge is 2.43. The lowest BCUT2D eigenvalue weighted by atomic mass is 9.76. The lowest BCUT2D eigenvalue weighted by Crippen LogP contribution is -2.29. The fourth-order valence-electron chi connectivity index (χ4n) is 3.67. The molecule has 0 aromatic heterocycles. The van der Waals surface area contributed by atoms with Crippen LogP contribution in [0.15, 0.2) is 28.8 Å². The van der Waals surface area contributed by atoms with Gasteiger partial charge in [0.1, 0.15) is 6.29 Å². The average molecular weight is 369 g/mol. The molecular weight excluding hydrogens is 351 g/mol. The molecule has 0 fully saturated rings. The Labute approximate surface area is 133 Å². The third-order valence-corrected chi connectivity index (χ3v) is 7.55. The zero-order valence-corrected chi connectivity index (χ0v) is 14.3. The molecule has 112 valence electrons. The molecule has 0 spiro atoms. The highest BCUT2D eigenvalue weighted by atomic mass is 79.9. The first-order valence-corrected chi connectivity index (χ1v) is 9.85. The van der Waals surface area contributed by atoms with Gasteiger partial charge in [-0.3, -0.25) is 4.57 Å². The van der Waals surface area contributed by atoms with E-state index in [1.165, 1.54) is 5.56 Å². The number of hydrogen-bond acceptors (Lipinski definition) is 2. The maximum absolute atomic E-state index is 12.8. The van der Waals surface area contributed by atoms with Crippen LogP contribution in [0.1, 0.15) is 35.4 Å². The monoisotopic (exact) mass is 368 g/mol. The van der Waals surface area contributed by atoms with Gasteiger partial charge >= 0.3 is 0 Å². The number of carbonyl (C=O) groups is 1. The summed E-state index contributed by atoms with van der Waals surface area (Å²) < 4.78 is 13.8. The highest BCUT2D eigenvalue weighted by Crippen LogP contribution is 2.57. The SMILES string of the molecule is Cc1cc2ccc1C1CCC(Br)=CC1C(C=O)P(=O)(O)C2. The van der Waals surface area contributed by atoms with E-state index in [0.717, 1.165) is 28.5 Å². The Morgan fingerprint density at radius 1 is 1.43 bits per heavy atom. The molecule has 0 amide bonds. The number of allylic oxidation sites excluding steroid dienone is 2. The predicted molar refractivity (Wildman–Crippen MR) is 87.0 cm³/mol. The topological polar surface area (TPSA) is 54.4 Å². The molecule has 1 aromatic rings. The lowest BCUT2D eigenvalue weighted by Gasteiger charge is -2.34. The Morgan fingerprint density at radius 3 is 2.86 bits per heavy atom. The van der Waals surface area contributed by atoms with E-state index in [9.17, 15) is 14.3 Å². The molecule has 0 saturated carbocycles. The fraction of sp³-hybridized carbons (Fsp3) is 0.438. The van der Waals surface area contributed by atoms with Gasteiger partial charge in [0.15, 0.2) is 0 Å². The van der Waals surface area contributed by atoms with Crippen LogP contribution in [-0.2, 0) is 15.5 Å². The van der Waals surface area contributed by atoms with Gasteiger partial charge in [-0.25, -0.2) is 0 Å². The maximum atomic E-state index is 12.8. The highest BCUT2D eigenvalue weighted by molar-refractivity contribution is 9.11. The van der Waals surface area contributed by atoms with Crippen LogP contribution in [0.25, 0.3) is 0 Å². The molecule has 1 aromatic carbocycles. The summed E-state index contributed by atoms with van der Waals surface area (Å²) in [5.74, 6) is -0.0731. The van der Waals surface area contributed by atoms with E-state index in [0.29, 0.717) is 6.29 Å². The quantitative estimate of drug-likeness (QED) is 0.599. The van der Waals surface area contributed by atoms with Crippen molar-refractivity contribution in [2.45, 2.75) is 37.5 Å². The third kappa shape index (κ3) is 2.69. The Balaban J connectivity index is 2.22. The summed E-state index contributed by atoms with van der Waals surface area (Å²) in [6.45, 7) is 2.05. The zero-order valence-electron chi connectivity index (χ0n) is 11.8. The standard InChI is InChI=1S/C16H18BrO3P/c1-10-6-11-2-4-13(10)14-5-3-12(17)7-15(14)16(8-18)21(19,20)9-11/h2,4,6-8,14-16H,3,5,9H2,1H3,(H,19,20). The molecule has 4 atom stereocenters. The van der Waals surface area contributed by atoms with E-state index in [-0.39, 0.29) is 18.0 Å². The van der Waals surface area contributed by atoms with Crippen molar-refractivity contribution in [3.63, 3.8) is 0 Å². The van der Waals surface area contributed by atoms with E-state index in [4.69, 9.17) is 0 Å². The summed E-state index contributed by atoms with van der Waals surface area (Å²) in [5, 5.41) is 0. The molecule has 21 heavy (non-hydrogen) atoms. The van der Waals surface area contributed by atoms with E-state index < -0.39 is 13.0 Å². The molecule has 0 saturated heterocycles. The molecule has 2 heterocycles. The van der Waals surface area contributed by atoms with Gasteiger partial charge in [0.25, 0.3) is 0 Å². The van der Waals surface area contributed by atoms with Crippen LogP contribution in [0.2, 0.25) is 0 Å². The summed E-state index contributed by atoms with van der Waals surface area (Å²) in [7, 11) is -3.56. The Kier molecular flexibility index (Phi) is 3.98. The Hall–Kier alpha value is -0.700. The predicted octanol–water partition coefficient (Wildman–Crippen LogP) is 4.12. The lowest BCUT2D eigenvalue weighted by molar-refractivity contribution is -0.108. The Bertz CT molecular complexity index is 667. The van der Waals surface area contributed by atoms with Crippen molar-refractivity contribution < 1.29 is 14.3 Å². The van der Waals surface area contributed by atoms with Crippen LogP contribution in [0.3, 0.4) is 0 Å². The summed E-state index contributed by atoms with van der Waals surface area (Å²) in [6, 6.07) is 6.00. The summed E-state index contributed by atoms with van der Waals surface area (Å²) in [5.41, 5.74) is 2.38. The van der Waals surface area contributed by atoms with Crippen LogP contribution in [-0.4, -0.2) is 16.8 Å². The van der Waals surface area contributed by atoms with Crippen LogP contribution in [0, 0.1) is 12.8 Å². The second kappa shape index (κ2) is 5.49. The van der Waals surface area contributed by atoms with Gasteiger partial charge in [-0.15, -0.1) is 0 Å². The van der Waals surface area contributed by atoms with Gasteiger partial charge in [-0.1, -0.05) is 40.2 Å². The van der Waals surface area contributed by atoms with E-state index in [2.05, 4.69) is 22.0 Å². The third-order valence-electron chi connectivity index (χ3n) is 4.67. The fourth-order valence-corrected chi connectivity index (χ4v) is 6.15. The number of aryl methyl sites for hydroxylation is 1. The van der Waals surface area contributed by atoms with Crippen molar-refractivity contribution in [1.29, 1.82) is 0 Å². The molecule has 1 N–H and O–H groups in total. The molecule has 5 heteroatoms. The molecule has 4 rings (SSSR count). The number of carbonyl (C=O) groups excluding carboxylic acids is 1. The normalized spacial score (nSPS) is 35.2. The minimum atomic E-state index is -3.56. The molecule has 2 aliphatic heterocycles. The summed E-state index contributed by atoms with van der Waals surface area (Å²) in [4.78, 5) is 22.1. The minimum Gasteiger partial charge on any atom is -0.344 e. The van der Waals surface area contributed by atoms with Crippen molar-refractivity contribution in [2.75, 3.05) is 0 Å². The largest absolute Gasteiger partial charge is 0.344 e. The van der Waals surface area contributed by atoms with Crippen LogP contribution in [0.4, 0.5) is 0 Å². The average Bonchev–Trinajstić information content (AvgIpc) is 2.45. The first-order valence-electron chi connectivity index (χ1n) is 7.15. The Morgan fingerprint density at radius 2 is 2.19 bits per heavy atom. The van der Waals surface area contributed by atoms with Crippen LogP contribution in [0.5, 0.6) is 0 Å². The minimum absolute atomic E-state index is 0.0756. The first-order chi connectivity index (χ1) is 9.92. The number of rotatable bonds is 1. The second-order valence-corrected chi connectivity index (χ2v) is 9.51. The molecule has 4 unspecified atom stereocenters.